The van der Waals surface area contributed by atoms with E-state index in [1.807, 2.05) is 24.3 Å². The zero-order valence-electron chi connectivity index (χ0n) is 11.3. The van der Waals surface area contributed by atoms with Gasteiger partial charge < -0.3 is 15.8 Å². The predicted molar refractivity (Wildman–Crippen MR) is 82.8 cm³/mol. The van der Waals surface area contributed by atoms with Gasteiger partial charge in [0.1, 0.15) is 11.9 Å². The smallest absolute Gasteiger partial charge is 0.251 e. The molecule has 0 radical (unpaired) electrons. The highest BCUT2D eigenvalue weighted by Gasteiger charge is 2.22. The molecule has 0 saturated carbocycles. The highest BCUT2D eigenvalue weighted by atomic mass is 35.5. The highest BCUT2D eigenvalue weighted by Crippen LogP contribution is 2.27. The van der Waals surface area contributed by atoms with E-state index in [1.165, 1.54) is 5.56 Å². The number of ether oxygens (including phenoxy) is 1. The summed E-state index contributed by atoms with van der Waals surface area (Å²) < 4.78 is 5.78. The van der Waals surface area contributed by atoms with Crippen LogP contribution in [0.3, 0.4) is 0 Å². The highest BCUT2D eigenvalue weighted by molar-refractivity contribution is 6.33. The van der Waals surface area contributed by atoms with Crippen molar-refractivity contribution in [3.05, 3.63) is 58.6 Å². The van der Waals surface area contributed by atoms with Gasteiger partial charge in [0, 0.05) is 12.0 Å². The predicted octanol–water partition coefficient (Wildman–Crippen LogP) is 2.66. The number of carbonyl (C=O) groups excluding carboxylic acids is 1. The van der Waals surface area contributed by atoms with Gasteiger partial charge in [-0.15, -0.1) is 0 Å². The van der Waals surface area contributed by atoms with Crippen LogP contribution in [-0.4, -0.2) is 18.6 Å². The molecule has 0 aliphatic carbocycles. The minimum atomic E-state index is -0.184. The lowest BCUT2D eigenvalue weighted by atomic mass is 10.1. The molecule has 0 saturated heterocycles. The number of hydrogen-bond acceptors (Lipinski definition) is 3. The summed E-state index contributed by atoms with van der Waals surface area (Å²) in [6.07, 6.45) is 0.773. The van der Waals surface area contributed by atoms with Crippen molar-refractivity contribution < 1.29 is 9.53 Å². The summed E-state index contributed by atoms with van der Waals surface area (Å²) in [7, 11) is 0. The number of anilines is 1. The number of benzene rings is 2. The fourth-order valence-corrected chi connectivity index (χ4v) is 2.53. The summed E-state index contributed by atoms with van der Waals surface area (Å²) in [5.74, 6) is 0.712. The van der Waals surface area contributed by atoms with Gasteiger partial charge in [0.25, 0.3) is 5.91 Å². The van der Waals surface area contributed by atoms with Crippen molar-refractivity contribution in [2.45, 2.75) is 12.5 Å². The van der Waals surface area contributed by atoms with Gasteiger partial charge in [-0.25, -0.2) is 0 Å². The van der Waals surface area contributed by atoms with Crippen LogP contribution in [0.1, 0.15) is 15.9 Å². The van der Waals surface area contributed by atoms with Crippen LogP contribution in [0.5, 0.6) is 5.75 Å². The average Bonchev–Trinajstić information content (AvgIpc) is 2.90. The Kier molecular flexibility index (Phi) is 3.71. The number of rotatable bonds is 3. The van der Waals surface area contributed by atoms with Crippen LogP contribution in [0, 0.1) is 0 Å². The topological polar surface area (TPSA) is 64.4 Å². The van der Waals surface area contributed by atoms with E-state index in [-0.39, 0.29) is 12.0 Å². The fourth-order valence-electron chi connectivity index (χ4n) is 2.34. The SMILES string of the molecule is Nc1ccc(C(=O)NCC2Cc3ccccc3O2)cc1Cl. The number of nitrogens with one attached hydrogen (secondary N) is 1. The fraction of sp³-hybridized carbons (Fsp3) is 0.188. The quantitative estimate of drug-likeness (QED) is 0.857. The maximum atomic E-state index is 12.1. The average molecular weight is 303 g/mol. The molecule has 21 heavy (non-hydrogen) atoms. The van der Waals surface area contributed by atoms with Crippen LogP contribution in [0.2, 0.25) is 5.02 Å². The molecule has 5 heteroatoms. The molecule has 1 aliphatic heterocycles. The molecule has 3 N–H and O–H groups in total. The monoisotopic (exact) mass is 302 g/mol. The summed E-state index contributed by atoms with van der Waals surface area (Å²) in [6, 6.07) is 12.7. The Morgan fingerprint density at radius 2 is 2.14 bits per heavy atom. The van der Waals surface area contributed by atoms with Gasteiger partial charge in [-0.1, -0.05) is 29.8 Å². The number of carbonyl (C=O) groups is 1. The van der Waals surface area contributed by atoms with Crippen LogP contribution < -0.4 is 15.8 Å². The first-order valence-corrected chi connectivity index (χ1v) is 7.09. The van der Waals surface area contributed by atoms with Gasteiger partial charge in [-0.3, -0.25) is 4.79 Å². The second-order valence-electron chi connectivity index (χ2n) is 5.00. The Morgan fingerprint density at radius 1 is 1.33 bits per heavy atom. The molecule has 108 valence electrons. The molecular weight excluding hydrogens is 288 g/mol. The number of amides is 1. The van der Waals surface area contributed by atoms with Crippen LogP contribution in [0.25, 0.3) is 0 Å². The van der Waals surface area contributed by atoms with Crippen LogP contribution >= 0.6 is 11.6 Å². The van der Waals surface area contributed by atoms with E-state index >= 15 is 0 Å². The Hall–Kier alpha value is -2.20. The minimum Gasteiger partial charge on any atom is -0.488 e. The molecule has 1 amide bonds. The molecule has 0 spiro atoms. The minimum absolute atomic E-state index is 0.0318. The van der Waals surface area contributed by atoms with Gasteiger partial charge in [0.05, 0.1) is 17.3 Å². The third kappa shape index (κ3) is 2.95. The van der Waals surface area contributed by atoms with Crippen molar-refractivity contribution in [3.8, 4) is 5.75 Å². The zero-order valence-corrected chi connectivity index (χ0v) is 12.1. The van der Waals surface area contributed by atoms with Crippen LogP contribution in [0.4, 0.5) is 5.69 Å². The number of fused-ring (bicyclic) bond motifs is 1. The molecule has 1 atom stereocenters. The summed E-state index contributed by atoms with van der Waals surface area (Å²) in [4.78, 5) is 12.1. The normalized spacial score (nSPS) is 16.1. The lowest BCUT2D eigenvalue weighted by molar-refractivity contribution is 0.0933. The third-order valence-corrected chi connectivity index (χ3v) is 3.79. The van der Waals surface area contributed by atoms with Crippen molar-refractivity contribution in [3.63, 3.8) is 0 Å². The number of hydrogen-bond donors (Lipinski definition) is 2. The number of halogens is 1. The standard InChI is InChI=1S/C16H15ClN2O2/c17-13-8-11(5-6-14(13)18)16(20)19-9-12-7-10-3-1-2-4-15(10)21-12/h1-6,8,12H,7,9,18H2,(H,19,20). The second kappa shape index (κ2) is 5.66. The number of nitrogens with two attached hydrogens (primary N) is 1. The van der Waals surface area contributed by atoms with Gasteiger partial charge in [0.2, 0.25) is 0 Å². The van der Waals surface area contributed by atoms with Gasteiger partial charge in [-0.2, -0.15) is 0 Å². The van der Waals surface area contributed by atoms with E-state index in [2.05, 4.69) is 5.32 Å². The lowest BCUT2D eigenvalue weighted by Crippen LogP contribution is -2.34. The van der Waals surface area contributed by atoms with Crippen molar-refractivity contribution in [1.29, 1.82) is 0 Å². The van der Waals surface area contributed by atoms with Crippen molar-refractivity contribution in [2.75, 3.05) is 12.3 Å². The molecule has 0 bridgehead atoms. The summed E-state index contributed by atoms with van der Waals surface area (Å²) in [5.41, 5.74) is 7.75. The van der Waals surface area contributed by atoms with E-state index in [9.17, 15) is 4.79 Å². The van der Waals surface area contributed by atoms with Gasteiger partial charge in [0.15, 0.2) is 0 Å². The molecule has 2 aromatic rings. The molecule has 0 aromatic heterocycles. The molecule has 1 unspecified atom stereocenters. The summed E-state index contributed by atoms with van der Waals surface area (Å²) >= 11 is 5.92. The molecule has 1 aliphatic rings. The Morgan fingerprint density at radius 3 is 2.90 bits per heavy atom. The number of nitrogen functional groups attached to an aromatic ring is 1. The molecule has 3 rings (SSSR count). The first-order valence-electron chi connectivity index (χ1n) is 6.71. The van der Waals surface area contributed by atoms with Crippen molar-refractivity contribution in [2.24, 2.45) is 0 Å². The van der Waals surface area contributed by atoms with E-state index in [0.29, 0.717) is 22.8 Å². The lowest BCUT2D eigenvalue weighted by Gasteiger charge is -2.12. The van der Waals surface area contributed by atoms with E-state index in [0.717, 1.165) is 12.2 Å². The van der Waals surface area contributed by atoms with Crippen molar-refractivity contribution in [1.82, 2.24) is 5.32 Å². The molecular formula is C16H15ClN2O2. The first kappa shape index (κ1) is 13.8. The largest absolute Gasteiger partial charge is 0.488 e. The van der Waals surface area contributed by atoms with E-state index < -0.39 is 0 Å². The van der Waals surface area contributed by atoms with Crippen molar-refractivity contribution >= 4 is 23.2 Å². The summed E-state index contributed by atoms with van der Waals surface area (Å²) in [5, 5.41) is 3.24. The Balaban J connectivity index is 1.59. The van der Waals surface area contributed by atoms with E-state index in [4.69, 9.17) is 22.1 Å². The molecule has 4 nitrogen and oxygen atoms in total. The van der Waals surface area contributed by atoms with Crippen LogP contribution in [-0.2, 0) is 6.42 Å². The zero-order chi connectivity index (χ0) is 14.8. The van der Waals surface area contributed by atoms with Gasteiger partial charge >= 0.3 is 0 Å². The number of para-hydroxylation sites is 1. The maximum absolute atomic E-state index is 12.1. The van der Waals surface area contributed by atoms with Crippen LogP contribution in [0.15, 0.2) is 42.5 Å². The molecule has 2 aromatic carbocycles. The maximum Gasteiger partial charge on any atom is 0.251 e. The Labute approximate surface area is 127 Å². The first-order chi connectivity index (χ1) is 10.1. The van der Waals surface area contributed by atoms with E-state index in [1.54, 1.807) is 18.2 Å². The molecule has 1 heterocycles. The third-order valence-electron chi connectivity index (χ3n) is 3.47. The summed E-state index contributed by atoms with van der Waals surface area (Å²) in [6.45, 7) is 0.454. The van der Waals surface area contributed by atoms with Gasteiger partial charge in [-0.05, 0) is 29.8 Å². The Bertz CT molecular complexity index is 663. The molecule has 0 fully saturated rings. The second-order valence-corrected chi connectivity index (χ2v) is 5.41.